The van der Waals surface area contributed by atoms with Crippen LogP contribution in [-0.2, 0) is 16.1 Å². The zero-order valence-electron chi connectivity index (χ0n) is 10.9. The highest BCUT2D eigenvalue weighted by atomic mass is 16.6. The van der Waals surface area contributed by atoms with Crippen molar-refractivity contribution in [2.45, 2.75) is 26.4 Å². The van der Waals surface area contributed by atoms with E-state index in [1.165, 1.54) is 13.8 Å². The van der Waals surface area contributed by atoms with E-state index in [4.69, 9.17) is 10.2 Å². The molecule has 0 aliphatic carbocycles. The number of nitrogens with zero attached hydrogens (tertiary/aromatic N) is 3. The molecule has 1 aromatic heterocycles. The number of aliphatic carboxylic acids is 1. The summed E-state index contributed by atoms with van der Waals surface area (Å²) in [5.41, 5.74) is 0.172. The van der Waals surface area contributed by atoms with Gasteiger partial charge in [-0.3, -0.25) is 19.6 Å². The Morgan fingerprint density at radius 2 is 2.10 bits per heavy atom. The van der Waals surface area contributed by atoms with E-state index in [9.17, 15) is 19.7 Å². The molecule has 1 atom stereocenters. The van der Waals surface area contributed by atoms with Crippen LogP contribution in [0.4, 0.5) is 5.69 Å². The molecule has 0 unspecified atom stereocenters. The van der Waals surface area contributed by atoms with Gasteiger partial charge in [0, 0.05) is 0 Å². The number of nitrogens with one attached hydrogen (secondary N) is 1. The lowest BCUT2D eigenvalue weighted by molar-refractivity contribution is -0.386. The standard InChI is InChI=1S/C10H14N4O6/c1-5-9(14(19)20)6(2)13(12-5)3-8(16)11-7(4-15)10(17)18/h7,15H,3-4H2,1-2H3,(H,11,16)(H,17,18)/t7-/m0/s1. The summed E-state index contributed by atoms with van der Waals surface area (Å²) in [6.45, 7) is 1.75. The minimum absolute atomic E-state index is 0.164. The SMILES string of the molecule is Cc1nn(CC(=O)N[C@@H](CO)C(=O)O)c(C)c1[N+](=O)[O-]. The Morgan fingerprint density at radius 1 is 1.50 bits per heavy atom. The van der Waals surface area contributed by atoms with Crippen molar-refractivity contribution in [3.8, 4) is 0 Å². The van der Waals surface area contributed by atoms with E-state index >= 15 is 0 Å². The second kappa shape index (κ2) is 6.10. The van der Waals surface area contributed by atoms with E-state index in [0.717, 1.165) is 4.68 Å². The predicted octanol–water partition coefficient (Wildman–Crippen LogP) is -1.03. The van der Waals surface area contributed by atoms with Crippen LogP contribution >= 0.6 is 0 Å². The topological polar surface area (TPSA) is 148 Å². The van der Waals surface area contributed by atoms with Crippen molar-refractivity contribution in [3.63, 3.8) is 0 Å². The highest BCUT2D eigenvalue weighted by Crippen LogP contribution is 2.21. The molecule has 0 fully saturated rings. The van der Waals surface area contributed by atoms with Gasteiger partial charge in [0.1, 0.15) is 24.0 Å². The van der Waals surface area contributed by atoms with Crippen molar-refractivity contribution in [2.75, 3.05) is 6.61 Å². The predicted molar refractivity (Wildman–Crippen MR) is 65.0 cm³/mol. The third kappa shape index (κ3) is 3.29. The van der Waals surface area contributed by atoms with E-state index in [0.29, 0.717) is 0 Å². The van der Waals surface area contributed by atoms with Crippen LogP contribution in [0.25, 0.3) is 0 Å². The van der Waals surface area contributed by atoms with Crippen molar-refractivity contribution < 1.29 is 24.7 Å². The average molecular weight is 286 g/mol. The molecule has 0 aliphatic rings. The minimum atomic E-state index is -1.42. The molecule has 3 N–H and O–H groups in total. The van der Waals surface area contributed by atoms with Gasteiger partial charge in [-0.25, -0.2) is 4.79 Å². The van der Waals surface area contributed by atoms with Gasteiger partial charge in [-0.1, -0.05) is 0 Å². The number of rotatable bonds is 6. The molecule has 110 valence electrons. The number of carboxylic acid groups (broad SMARTS) is 1. The maximum atomic E-state index is 11.6. The number of carbonyl (C=O) groups excluding carboxylic acids is 1. The molecule has 0 spiro atoms. The summed E-state index contributed by atoms with van der Waals surface area (Å²) in [4.78, 5) is 32.5. The molecular formula is C10H14N4O6. The fraction of sp³-hybridized carbons (Fsp3) is 0.500. The molecule has 0 bridgehead atoms. The first-order chi connectivity index (χ1) is 9.27. The van der Waals surface area contributed by atoms with Crippen molar-refractivity contribution >= 4 is 17.6 Å². The first-order valence-electron chi connectivity index (χ1n) is 5.59. The Balaban J connectivity index is 2.84. The molecule has 0 aliphatic heterocycles. The van der Waals surface area contributed by atoms with Gasteiger partial charge < -0.3 is 15.5 Å². The van der Waals surface area contributed by atoms with Crippen LogP contribution in [0.2, 0.25) is 0 Å². The van der Waals surface area contributed by atoms with Crippen molar-refractivity contribution in [2.24, 2.45) is 0 Å². The van der Waals surface area contributed by atoms with Crippen molar-refractivity contribution in [3.05, 3.63) is 21.5 Å². The Kier molecular flexibility index (Phi) is 4.75. The van der Waals surface area contributed by atoms with Gasteiger partial charge in [0.05, 0.1) is 11.5 Å². The molecule has 1 rings (SSSR count). The number of hydrogen-bond donors (Lipinski definition) is 3. The zero-order valence-corrected chi connectivity index (χ0v) is 10.9. The van der Waals surface area contributed by atoms with Crippen molar-refractivity contribution in [1.29, 1.82) is 0 Å². The van der Waals surface area contributed by atoms with Crippen LogP contribution in [0.5, 0.6) is 0 Å². The Bertz CT molecular complexity index is 552. The lowest BCUT2D eigenvalue weighted by atomic mass is 10.3. The van der Waals surface area contributed by atoms with Crippen LogP contribution in [0.1, 0.15) is 11.4 Å². The highest BCUT2D eigenvalue weighted by Gasteiger charge is 2.24. The fourth-order valence-corrected chi connectivity index (χ4v) is 1.67. The third-order valence-electron chi connectivity index (χ3n) is 2.64. The maximum Gasteiger partial charge on any atom is 0.328 e. The van der Waals surface area contributed by atoms with Gasteiger partial charge in [0.2, 0.25) is 5.91 Å². The summed E-state index contributed by atoms with van der Waals surface area (Å²) in [5.74, 6) is -2.09. The van der Waals surface area contributed by atoms with Gasteiger partial charge in [0.15, 0.2) is 0 Å². The second-order valence-electron chi connectivity index (χ2n) is 4.08. The third-order valence-corrected chi connectivity index (χ3v) is 2.64. The molecule has 0 saturated heterocycles. The quantitative estimate of drug-likeness (QED) is 0.447. The Hall–Kier alpha value is -2.49. The zero-order chi connectivity index (χ0) is 15.4. The smallest absolute Gasteiger partial charge is 0.328 e. The molecule has 10 heteroatoms. The van der Waals surface area contributed by atoms with Gasteiger partial charge in [-0.2, -0.15) is 5.10 Å². The normalized spacial score (nSPS) is 11.9. The molecule has 1 heterocycles. The van der Waals surface area contributed by atoms with Crippen LogP contribution in [0.3, 0.4) is 0 Å². The Labute approximate surface area is 113 Å². The summed E-state index contributed by atoms with van der Waals surface area (Å²) in [5, 5.41) is 34.2. The first-order valence-corrected chi connectivity index (χ1v) is 5.59. The molecular weight excluding hydrogens is 272 g/mol. The molecule has 0 saturated carbocycles. The largest absolute Gasteiger partial charge is 0.480 e. The molecule has 1 amide bonds. The summed E-state index contributed by atoms with van der Waals surface area (Å²) in [7, 11) is 0. The van der Waals surface area contributed by atoms with Crippen LogP contribution in [0.15, 0.2) is 0 Å². The molecule has 1 aromatic rings. The van der Waals surface area contributed by atoms with E-state index < -0.39 is 29.4 Å². The fourth-order valence-electron chi connectivity index (χ4n) is 1.67. The summed E-state index contributed by atoms with van der Waals surface area (Å²) < 4.78 is 1.11. The first kappa shape index (κ1) is 15.6. The number of nitro groups is 1. The van der Waals surface area contributed by atoms with Crippen LogP contribution in [0, 0.1) is 24.0 Å². The number of amides is 1. The monoisotopic (exact) mass is 286 g/mol. The molecule has 20 heavy (non-hydrogen) atoms. The van der Waals surface area contributed by atoms with Gasteiger partial charge in [-0.15, -0.1) is 0 Å². The number of aliphatic hydroxyl groups excluding tert-OH is 1. The second-order valence-corrected chi connectivity index (χ2v) is 4.08. The summed E-state index contributed by atoms with van der Waals surface area (Å²) in [6.07, 6.45) is 0. The number of hydrogen-bond acceptors (Lipinski definition) is 6. The number of aliphatic hydroxyl groups is 1. The lowest BCUT2D eigenvalue weighted by Gasteiger charge is -2.11. The van der Waals surface area contributed by atoms with Gasteiger partial charge in [0.25, 0.3) is 0 Å². The Morgan fingerprint density at radius 3 is 2.50 bits per heavy atom. The van der Waals surface area contributed by atoms with Gasteiger partial charge in [-0.05, 0) is 13.8 Å². The van der Waals surface area contributed by atoms with Crippen molar-refractivity contribution in [1.82, 2.24) is 15.1 Å². The molecule has 0 aromatic carbocycles. The van der Waals surface area contributed by atoms with Crippen LogP contribution in [-0.4, -0.2) is 49.4 Å². The number of carboxylic acids is 1. The molecule has 10 nitrogen and oxygen atoms in total. The lowest BCUT2D eigenvalue weighted by Crippen LogP contribution is -2.44. The number of carbonyl (C=O) groups is 2. The van der Waals surface area contributed by atoms with Crippen LogP contribution < -0.4 is 5.32 Å². The van der Waals surface area contributed by atoms with E-state index in [2.05, 4.69) is 10.4 Å². The maximum absolute atomic E-state index is 11.6. The number of aromatic nitrogens is 2. The summed E-state index contributed by atoms with van der Waals surface area (Å²) in [6, 6.07) is -1.42. The van der Waals surface area contributed by atoms with E-state index in [1.54, 1.807) is 0 Å². The average Bonchev–Trinajstić information content (AvgIpc) is 2.60. The minimum Gasteiger partial charge on any atom is -0.480 e. The van der Waals surface area contributed by atoms with Gasteiger partial charge >= 0.3 is 11.7 Å². The number of aryl methyl sites for hydroxylation is 1. The summed E-state index contributed by atoms with van der Waals surface area (Å²) >= 11 is 0. The molecule has 0 radical (unpaired) electrons. The highest BCUT2D eigenvalue weighted by molar-refractivity contribution is 5.83. The van der Waals surface area contributed by atoms with E-state index in [1.807, 2.05) is 0 Å². The van der Waals surface area contributed by atoms with E-state index in [-0.39, 0.29) is 23.6 Å².